The molecule has 6 heteroatoms. The van der Waals surface area contributed by atoms with Gasteiger partial charge in [-0.25, -0.2) is 9.97 Å². The minimum Gasteiger partial charge on any atom is -0.310 e. The van der Waals surface area contributed by atoms with Gasteiger partial charge < -0.3 is 5.32 Å². The topological polar surface area (TPSA) is 78.7 Å². The summed E-state index contributed by atoms with van der Waals surface area (Å²) >= 11 is 1.33. The SMILES string of the molecule is Cc1ccnc(NC(=O)C(C)Sc2nc3c(cc2C#N)CCCC3)c1. The van der Waals surface area contributed by atoms with Crippen LogP contribution in [0.4, 0.5) is 5.82 Å². The van der Waals surface area contributed by atoms with E-state index in [1.54, 1.807) is 6.20 Å². The molecule has 1 atom stereocenters. The van der Waals surface area contributed by atoms with Crippen molar-refractivity contribution < 1.29 is 4.79 Å². The van der Waals surface area contributed by atoms with Gasteiger partial charge >= 0.3 is 0 Å². The Kier molecular flexibility index (Phi) is 5.34. The molecule has 0 radical (unpaired) electrons. The van der Waals surface area contributed by atoms with Crippen LogP contribution < -0.4 is 5.32 Å². The molecular formula is C19H20N4OS. The van der Waals surface area contributed by atoms with E-state index in [1.807, 2.05) is 32.0 Å². The van der Waals surface area contributed by atoms with Gasteiger partial charge in [-0.2, -0.15) is 5.26 Å². The first-order valence-electron chi connectivity index (χ1n) is 8.40. The summed E-state index contributed by atoms with van der Waals surface area (Å²) < 4.78 is 0. The molecule has 2 heterocycles. The van der Waals surface area contributed by atoms with Crippen molar-refractivity contribution in [3.8, 4) is 6.07 Å². The molecule has 0 aromatic carbocycles. The zero-order valence-electron chi connectivity index (χ0n) is 14.4. The Labute approximate surface area is 151 Å². The van der Waals surface area contributed by atoms with Gasteiger partial charge in [-0.1, -0.05) is 11.8 Å². The summed E-state index contributed by atoms with van der Waals surface area (Å²) in [7, 11) is 0. The first-order valence-corrected chi connectivity index (χ1v) is 9.28. The Morgan fingerprint density at radius 2 is 2.16 bits per heavy atom. The molecule has 25 heavy (non-hydrogen) atoms. The Morgan fingerprint density at radius 3 is 2.92 bits per heavy atom. The van der Waals surface area contributed by atoms with Gasteiger partial charge in [0.25, 0.3) is 0 Å². The van der Waals surface area contributed by atoms with Crippen LogP contribution in [-0.2, 0) is 17.6 Å². The standard InChI is InChI=1S/C19H20N4OS/c1-12-7-8-21-17(9-12)23-18(24)13(2)25-19-15(11-20)10-14-5-3-4-6-16(14)22-19/h7-10,13H,3-6H2,1-2H3,(H,21,23,24). The number of amides is 1. The first kappa shape index (κ1) is 17.4. The van der Waals surface area contributed by atoms with Crippen LogP contribution in [0, 0.1) is 18.3 Å². The van der Waals surface area contributed by atoms with Crippen molar-refractivity contribution in [1.82, 2.24) is 9.97 Å². The number of hydrogen-bond acceptors (Lipinski definition) is 5. The van der Waals surface area contributed by atoms with Gasteiger partial charge in [0.2, 0.25) is 5.91 Å². The number of rotatable bonds is 4. The zero-order valence-corrected chi connectivity index (χ0v) is 15.2. The van der Waals surface area contributed by atoms with Crippen LogP contribution in [-0.4, -0.2) is 21.1 Å². The predicted molar refractivity (Wildman–Crippen MR) is 98.5 cm³/mol. The maximum Gasteiger partial charge on any atom is 0.238 e. The quantitative estimate of drug-likeness (QED) is 0.850. The number of aromatic nitrogens is 2. The number of nitrogens with one attached hydrogen (secondary N) is 1. The highest BCUT2D eigenvalue weighted by Gasteiger charge is 2.21. The third-order valence-corrected chi connectivity index (χ3v) is 5.31. The number of hydrogen-bond donors (Lipinski definition) is 1. The van der Waals surface area contributed by atoms with Crippen LogP contribution >= 0.6 is 11.8 Å². The maximum absolute atomic E-state index is 12.4. The van der Waals surface area contributed by atoms with Crippen molar-refractivity contribution in [2.45, 2.75) is 49.8 Å². The molecule has 2 aromatic heterocycles. The second-order valence-corrected chi connectivity index (χ2v) is 7.56. The molecule has 0 saturated heterocycles. The Hall–Kier alpha value is -2.39. The average molecular weight is 352 g/mol. The summed E-state index contributed by atoms with van der Waals surface area (Å²) in [4.78, 5) is 21.3. The smallest absolute Gasteiger partial charge is 0.238 e. The number of aryl methyl sites for hydroxylation is 3. The summed E-state index contributed by atoms with van der Waals surface area (Å²) in [5.41, 5.74) is 3.83. The number of anilines is 1. The molecule has 0 spiro atoms. The van der Waals surface area contributed by atoms with E-state index in [0.29, 0.717) is 16.4 Å². The Balaban J connectivity index is 1.75. The third-order valence-electron chi connectivity index (χ3n) is 4.21. The second kappa shape index (κ2) is 7.66. The van der Waals surface area contributed by atoms with Crippen molar-refractivity contribution >= 4 is 23.5 Å². The fourth-order valence-corrected chi connectivity index (χ4v) is 3.73. The highest BCUT2D eigenvalue weighted by molar-refractivity contribution is 8.00. The van der Waals surface area contributed by atoms with Crippen molar-refractivity contribution in [3.63, 3.8) is 0 Å². The van der Waals surface area contributed by atoms with Crippen LogP contribution in [0.5, 0.6) is 0 Å². The van der Waals surface area contributed by atoms with Crippen LogP contribution in [0.25, 0.3) is 0 Å². The van der Waals surface area contributed by atoms with Crippen molar-refractivity contribution in [1.29, 1.82) is 5.26 Å². The van der Waals surface area contributed by atoms with Gasteiger partial charge in [0.1, 0.15) is 16.9 Å². The number of nitriles is 1. The van der Waals surface area contributed by atoms with E-state index in [1.165, 1.54) is 17.3 Å². The van der Waals surface area contributed by atoms with Crippen LogP contribution in [0.3, 0.4) is 0 Å². The lowest BCUT2D eigenvalue weighted by Gasteiger charge is -2.18. The summed E-state index contributed by atoms with van der Waals surface area (Å²) in [6.45, 7) is 3.77. The molecule has 1 amide bonds. The minimum atomic E-state index is -0.372. The molecule has 0 aliphatic heterocycles. The molecule has 0 bridgehead atoms. The van der Waals surface area contributed by atoms with E-state index in [2.05, 4.69) is 21.4 Å². The van der Waals surface area contributed by atoms with E-state index in [9.17, 15) is 10.1 Å². The summed E-state index contributed by atoms with van der Waals surface area (Å²) in [6, 6.07) is 7.87. The lowest BCUT2D eigenvalue weighted by molar-refractivity contribution is -0.115. The highest BCUT2D eigenvalue weighted by Crippen LogP contribution is 2.30. The Morgan fingerprint density at radius 1 is 1.36 bits per heavy atom. The fourth-order valence-electron chi connectivity index (χ4n) is 2.84. The summed E-state index contributed by atoms with van der Waals surface area (Å²) in [5.74, 6) is 0.392. The van der Waals surface area contributed by atoms with Crippen molar-refractivity contribution in [2.75, 3.05) is 5.32 Å². The number of thioether (sulfide) groups is 1. The van der Waals surface area contributed by atoms with Gasteiger partial charge in [-0.05, 0) is 68.9 Å². The number of carbonyl (C=O) groups excluding carboxylic acids is 1. The van der Waals surface area contributed by atoms with Gasteiger partial charge in [0.15, 0.2) is 0 Å². The molecule has 2 aromatic rings. The molecule has 1 unspecified atom stereocenters. The van der Waals surface area contributed by atoms with Gasteiger partial charge in [0, 0.05) is 11.9 Å². The molecule has 0 saturated carbocycles. The lowest BCUT2D eigenvalue weighted by atomic mass is 9.95. The highest BCUT2D eigenvalue weighted by atomic mass is 32.2. The monoisotopic (exact) mass is 352 g/mol. The predicted octanol–water partition coefficient (Wildman–Crippen LogP) is 3.65. The van der Waals surface area contributed by atoms with E-state index >= 15 is 0 Å². The molecule has 3 rings (SSSR count). The average Bonchev–Trinajstić information content (AvgIpc) is 2.61. The Bertz CT molecular complexity index is 844. The largest absolute Gasteiger partial charge is 0.310 e. The molecule has 1 aliphatic rings. The van der Waals surface area contributed by atoms with Crippen molar-refractivity contribution in [2.24, 2.45) is 0 Å². The molecule has 5 nitrogen and oxygen atoms in total. The maximum atomic E-state index is 12.4. The van der Waals surface area contributed by atoms with Gasteiger partial charge in [-0.15, -0.1) is 0 Å². The first-order chi connectivity index (χ1) is 12.1. The number of carbonyl (C=O) groups is 1. The minimum absolute atomic E-state index is 0.147. The lowest BCUT2D eigenvalue weighted by Crippen LogP contribution is -2.23. The molecule has 128 valence electrons. The van der Waals surface area contributed by atoms with Gasteiger partial charge in [0.05, 0.1) is 10.8 Å². The zero-order chi connectivity index (χ0) is 17.8. The van der Waals surface area contributed by atoms with Crippen molar-refractivity contribution in [3.05, 3.63) is 46.8 Å². The number of nitrogens with zero attached hydrogens (tertiary/aromatic N) is 3. The number of pyridine rings is 2. The number of fused-ring (bicyclic) bond motifs is 1. The molecule has 1 N–H and O–H groups in total. The van der Waals surface area contributed by atoms with Crippen LogP contribution in [0.2, 0.25) is 0 Å². The van der Waals surface area contributed by atoms with Crippen LogP contribution in [0.15, 0.2) is 29.4 Å². The van der Waals surface area contributed by atoms with E-state index in [4.69, 9.17) is 0 Å². The van der Waals surface area contributed by atoms with E-state index in [0.717, 1.165) is 36.9 Å². The molecule has 0 fully saturated rings. The fraction of sp³-hybridized carbons (Fsp3) is 0.368. The van der Waals surface area contributed by atoms with E-state index < -0.39 is 0 Å². The second-order valence-electron chi connectivity index (χ2n) is 6.23. The van der Waals surface area contributed by atoms with Crippen LogP contribution in [0.1, 0.15) is 42.1 Å². The summed E-state index contributed by atoms with van der Waals surface area (Å²) in [5, 5.41) is 12.5. The third kappa shape index (κ3) is 4.18. The normalized spacial score (nSPS) is 14.3. The summed E-state index contributed by atoms with van der Waals surface area (Å²) in [6.07, 6.45) is 5.88. The van der Waals surface area contributed by atoms with Gasteiger partial charge in [-0.3, -0.25) is 4.79 Å². The molecular weight excluding hydrogens is 332 g/mol. The molecule has 1 aliphatic carbocycles. The van der Waals surface area contributed by atoms with E-state index in [-0.39, 0.29) is 11.2 Å².